The number of rotatable bonds is 8. The lowest BCUT2D eigenvalue weighted by molar-refractivity contribution is -0.122. The van der Waals surface area contributed by atoms with Gasteiger partial charge >= 0.3 is 6.03 Å². The van der Waals surface area contributed by atoms with Gasteiger partial charge in [0, 0.05) is 0 Å². The molecule has 0 radical (unpaired) electrons. The number of barbiturate groups is 1. The minimum absolute atomic E-state index is 0.186. The molecule has 0 spiro atoms. The number of ether oxygens (including phenoxy) is 3. The monoisotopic (exact) mass is 550 g/mol. The van der Waals surface area contributed by atoms with Crippen LogP contribution in [-0.4, -0.2) is 38.2 Å². The summed E-state index contributed by atoms with van der Waals surface area (Å²) in [5, 5.41) is 2.22. The van der Waals surface area contributed by atoms with Crippen molar-refractivity contribution in [2.24, 2.45) is 0 Å². The third kappa shape index (κ3) is 5.58. The summed E-state index contributed by atoms with van der Waals surface area (Å²) in [6, 6.07) is 18.8. The number of carbonyl (C=O) groups excluding carboxylic acids is 3. The van der Waals surface area contributed by atoms with Crippen molar-refractivity contribution in [2.75, 3.05) is 25.2 Å². The quantitative estimate of drug-likeness (QED) is 0.244. The number of urea groups is 1. The molecule has 1 heterocycles. The molecule has 0 bridgehead atoms. The molecule has 4 amide bonds. The SMILES string of the molecule is COc1cc(/C=C2/C(=O)NC(=O)N(c3ccc(C)cc3)C2=O)cc(Br)c1OCCOc1ccccc1. The van der Waals surface area contributed by atoms with Crippen LogP contribution in [0.15, 0.2) is 76.8 Å². The molecule has 3 aromatic carbocycles. The molecule has 9 heteroatoms. The summed E-state index contributed by atoms with van der Waals surface area (Å²) in [7, 11) is 1.49. The van der Waals surface area contributed by atoms with Gasteiger partial charge in [0.1, 0.15) is 24.5 Å². The predicted molar refractivity (Wildman–Crippen MR) is 138 cm³/mol. The second-order valence-corrected chi connectivity index (χ2v) is 8.69. The minimum Gasteiger partial charge on any atom is -0.493 e. The summed E-state index contributed by atoms with van der Waals surface area (Å²) < 4.78 is 17.5. The molecule has 1 aliphatic rings. The molecule has 1 aliphatic heterocycles. The topological polar surface area (TPSA) is 94.2 Å². The fourth-order valence-corrected chi connectivity index (χ4v) is 4.11. The average Bonchev–Trinajstić information content (AvgIpc) is 2.86. The largest absolute Gasteiger partial charge is 0.493 e. The number of amides is 4. The third-order valence-corrected chi connectivity index (χ3v) is 5.89. The number of nitrogens with one attached hydrogen (secondary N) is 1. The molecule has 8 nitrogen and oxygen atoms in total. The molecule has 36 heavy (non-hydrogen) atoms. The smallest absolute Gasteiger partial charge is 0.335 e. The fraction of sp³-hybridized carbons (Fsp3) is 0.148. The Bertz CT molecular complexity index is 1320. The Kier molecular flexibility index (Phi) is 7.70. The van der Waals surface area contributed by atoms with E-state index in [-0.39, 0.29) is 12.2 Å². The molecular weight excluding hydrogens is 528 g/mol. The van der Waals surface area contributed by atoms with Crippen molar-refractivity contribution in [3.05, 3.63) is 87.9 Å². The van der Waals surface area contributed by atoms with Crippen molar-refractivity contribution in [3.8, 4) is 17.2 Å². The molecule has 0 atom stereocenters. The zero-order valence-corrected chi connectivity index (χ0v) is 21.2. The first-order valence-electron chi connectivity index (χ1n) is 11.0. The highest BCUT2D eigenvalue weighted by Crippen LogP contribution is 2.37. The second kappa shape index (κ2) is 11.1. The number of carbonyl (C=O) groups is 3. The Morgan fingerprint density at radius 3 is 2.33 bits per heavy atom. The van der Waals surface area contributed by atoms with Crippen LogP contribution in [-0.2, 0) is 9.59 Å². The first-order chi connectivity index (χ1) is 17.4. The van der Waals surface area contributed by atoms with Crippen molar-refractivity contribution in [1.82, 2.24) is 5.32 Å². The minimum atomic E-state index is -0.800. The first kappa shape index (κ1) is 25.0. The third-order valence-electron chi connectivity index (χ3n) is 5.30. The first-order valence-corrected chi connectivity index (χ1v) is 11.8. The van der Waals surface area contributed by atoms with E-state index in [4.69, 9.17) is 14.2 Å². The summed E-state index contributed by atoms with van der Waals surface area (Å²) in [6.07, 6.45) is 1.40. The average molecular weight is 551 g/mol. The molecular formula is C27H23BrN2O6. The van der Waals surface area contributed by atoms with E-state index in [1.807, 2.05) is 37.3 Å². The van der Waals surface area contributed by atoms with Gasteiger partial charge in [-0.2, -0.15) is 0 Å². The zero-order valence-electron chi connectivity index (χ0n) is 19.6. The Morgan fingerprint density at radius 2 is 1.64 bits per heavy atom. The van der Waals surface area contributed by atoms with Crippen LogP contribution in [0.1, 0.15) is 11.1 Å². The highest BCUT2D eigenvalue weighted by Gasteiger charge is 2.36. The van der Waals surface area contributed by atoms with Gasteiger partial charge in [-0.3, -0.25) is 14.9 Å². The summed E-state index contributed by atoms with van der Waals surface area (Å²) in [6.45, 7) is 2.48. The maximum absolute atomic E-state index is 13.1. The lowest BCUT2D eigenvalue weighted by atomic mass is 10.1. The van der Waals surface area contributed by atoms with Crippen LogP contribution < -0.4 is 24.4 Å². The van der Waals surface area contributed by atoms with E-state index in [1.165, 1.54) is 13.2 Å². The number of hydrogen-bond acceptors (Lipinski definition) is 6. The lowest BCUT2D eigenvalue weighted by Crippen LogP contribution is -2.54. The van der Waals surface area contributed by atoms with Crippen LogP contribution in [0.2, 0.25) is 0 Å². The molecule has 1 fully saturated rings. The molecule has 0 aliphatic carbocycles. The summed E-state index contributed by atoms with van der Waals surface area (Å²) >= 11 is 3.47. The number of nitrogens with zero attached hydrogens (tertiary/aromatic N) is 1. The Balaban J connectivity index is 1.54. The van der Waals surface area contributed by atoms with E-state index < -0.39 is 17.8 Å². The van der Waals surface area contributed by atoms with Crippen LogP contribution in [0.4, 0.5) is 10.5 Å². The molecule has 0 saturated carbocycles. The number of anilines is 1. The maximum atomic E-state index is 13.1. The number of hydrogen-bond donors (Lipinski definition) is 1. The van der Waals surface area contributed by atoms with Crippen LogP contribution in [0.3, 0.4) is 0 Å². The van der Waals surface area contributed by atoms with Crippen molar-refractivity contribution in [3.63, 3.8) is 0 Å². The van der Waals surface area contributed by atoms with Gasteiger partial charge in [-0.05, 0) is 70.9 Å². The van der Waals surface area contributed by atoms with Crippen molar-refractivity contribution in [2.45, 2.75) is 6.92 Å². The zero-order chi connectivity index (χ0) is 25.7. The van der Waals surface area contributed by atoms with Gasteiger partial charge in [0.25, 0.3) is 11.8 Å². The number of imide groups is 2. The van der Waals surface area contributed by atoms with E-state index >= 15 is 0 Å². The molecule has 3 aromatic rings. The van der Waals surface area contributed by atoms with Crippen molar-refractivity contribution >= 4 is 45.5 Å². The predicted octanol–water partition coefficient (Wildman–Crippen LogP) is 4.89. The van der Waals surface area contributed by atoms with E-state index in [1.54, 1.807) is 36.4 Å². The van der Waals surface area contributed by atoms with Crippen molar-refractivity contribution in [1.29, 1.82) is 0 Å². The molecule has 0 aromatic heterocycles. The van der Waals surface area contributed by atoms with Gasteiger partial charge in [-0.25, -0.2) is 9.69 Å². The Labute approximate surface area is 216 Å². The fourth-order valence-electron chi connectivity index (χ4n) is 3.54. The number of halogens is 1. The molecule has 0 unspecified atom stereocenters. The standard InChI is InChI=1S/C27H23BrN2O6/c1-17-8-10-19(11-9-17)30-26(32)21(25(31)29-27(30)33)14-18-15-22(28)24(23(16-18)34-2)36-13-12-35-20-6-4-3-5-7-20/h3-11,14-16H,12-13H2,1-2H3,(H,29,31,33)/b21-14-. The van der Waals surface area contributed by atoms with Crippen LogP contribution in [0.25, 0.3) is 6.08 Å². The normalized spacial score (nSPS) is 14.6. The number of aryl methyl sites for hydroxylation is 1. The van der Waals surface area contributed by atoms with E-state index in [9.17, 15) is 14.4 Å². The summed E-state index contributed by atoms with van der Waals surface area (Å²) in [4.78, 5) is 39.0. The number of benzene rings is 3. The van der Waals surface area contributed by atoms with Crippen molar-refractivity contribution < 1.29 is 28.6 Å². The van der Waals surface area contributed by atoms with Gasteiger partial charge in [-0.15, -0.1) is 0 Å². The highest BCUT2D eigenvalue weighted by molar-refractivity contribution is 9.10. The van der Waals surface area contributed by atoms with Gasteiger partial charge in [0.15, 0.2) is 11.5 Å². The van der Waals surface area contributed by atoms with E-state index in [0.29, 0.717) is 33.8 Å². The van der Waals surface area contributed by atoms with Crippen LogP contribution in [0, 0.1) is 6.92 Å². The summed E-state index contributed by atoms with van der Waals surface area (Å²) in [5.41, 5.74) is 1.65. The van der Waals surface area contributed by atoms with Crippen LogP contribution >= 0.6 is 15.9 Å². The van der Waals surface area contributed by atoms with E-state index in [0.717, 1.165) is 16.2 Å². The number of methoxy groups -OCH3 is 1. The van der Waals surface area contributed by atoms with E-state index in [2.05, 4.69) is 21.2 Å². The molecule has 4 rings (SSSR count). The van der Waals surface area contributed by atoms with Gasteiger partial charge < -0.3 is 14.2 Å². The molecule has 184 valence electrons. The Morgan fingerprint density at radius 1 is 0.944 bits per heavy atom. The van der Waals surface area contributed by atoms with Crippen LogP contribution in [0.5, 0.6) is 17.2 Å². The second-order valence-electron chi connectivity index (χ2n) is 7.84. The highest BCUT2D eigenvalue weighted by atomic mass is 79.9. The van der Waals surface area contributed by atoms with Gasteiger partial charge in [0.05, 0.1) is 17.3 Å². The lowest BCUT2D eigenvalue weighted by Gasteiger charge is -2.26. The molecule has 1 N–H and O–H groups in total. The van der Waals surface area contributed by atoms with Gasteiger partial charge in [0.2, 0.25) is 0 Å². The molecule has 1 saturated heterocycles. The Hall–Kier alpha value is -4.11. The maximum Gasteiger partial charge on any atom is 0.335 e. The summed E-state index contributed by atoms with van der Waals surface area (Å²) in [5.74, 6) is 0.0869. The van der Waals surface area contributed by atoms with Gasteiger partial charge in [-0.1, -0.05) is 35.9 Å². The number of para-hydroxylation sites is 1.